The van der Waals surface area contributed by atoms with Crippen molar-refractivity contribution in [3.63, 3.8) is 0 Å². The smallest absolute Gasteiger partial charge is 0.361 e. The Labute approximate surface area is 364 Å². The lowest BCUT2D eigenvalue weighted by molar-refractivity contribution is -0.870. The zero-order chi connectivity index (χ0) is 43.5. The van der Waals surface area contributed by atoms with Crippen LogP contribution in [0.5, 0.6) is 0 Å². The molecule has 0 aliphatic carbocycles. The Kier molecular flexibility index (Phi) is 41.3. The van der Waals surface area contributed by atoms with Crippen LogP contribution in [0.4, 0.5) is 0 Å². The summed E-state index contributed by atoms with van der Waals surface area (Å²) < 4.78 is 22.8. The molecule has 9 nitrogen and oxygen atoms in total. The number of unbranched alkanes of at least 4 members (excludes halogenated alkanes) is 29. The third kappa shape index (κ3) is 43.9. The second kappa shape index (κ2) is 42.7. The fourth-order valence-corrected chi connectivity index (χ4v) is 7.13. The molecule has 9 heteroatoms. The number of carboxylic acids is 1. The minimum atomic E-state index is -1.51. The van der Waals surface area contributed by atoms with Gasteiger partial charge < -0.3 is 28.5 Å². The first kappa shape index (κ1) is 57.0. The Bertz CT molecular complexity index is 980. The van der Waals surface area contributed by atoms with Gasteiger partial charge in [0.15, 0.2) is 6.10 Å². The molecule has 2 unspecified atom stereocenters. The maximum atomic E-state index is 12.8. The SMILES string of the molecule is CCCCCCCCC/C=C\CCCCCCCC(=O)OC(COC(=O)CCCCCCCCCCCCCCCCCCCC)COC(OCC[N+](C)(C)C)C(=O)O. The van der Waals surface area contributed by atoms with Crippen molar-refractivity contribution in [3.05, 3.63) is 12.2 Å². The van der Waals surface area contributed by atoms with Crippen LogP contribution < -0.4 is 0 Å². The molecule has 0 aromatic carbocycles. The van der Waals surface area contributed by atoms with E-state index < -0.39 is 24.3 Å². The zero-order valence-electron chi connectivity index (χ0n) is 39.4. The van der Waals surface area contributed by atoms with Gasteiger partial charge in [-0.2, -0.15) is 0 Å². The molecule has 0 heterocycles. The predicted molar refractivity (Wildman–Crippen MR) is 245 cm³/mol. The summed E-state index contributed by atoms with van der Waals surface area (Å²) >= 11 is 0. The van der Waals surface area contributed by atoms with Gasteiger partial charge in [0.2, 0.25) is 0 Å². The van der Waals surface area contributed by atoms with Gasteiger partial charge in [-0.25, -0.2) is 4.79 Å². The number of quaternary nitrogens is 1. The van der Waals surface area contributed by atoms with Crippen LogP contribution in [-0.2, 0) is 33.3 Å². The summed E-state index contributed by atoms with van der Waals surface area (Å²) in [6.45, 7) is 4.89. The van der Waals surface area contributed by atoms with Crippen LogP contribution in [0, 0.1) is 0 Å². The van der Waals surface area contributed by atoms with Crippen molar-refractivity contribution < 1.29 is 42.9 Å². The van der Waals surface area contributed by atoms with Crippen LogP contribution in [0.15, 0.2) is 12.2 Å². The largest absolute Gasteiger partial charge is 0.477 e. The van der Waals surface area contributed by atoms with Crippen molar-refractivity contribution in [3.8, 4) is 0 Å². The van der Waals surface area contributed by atoms with Gasteiger partial charge in [0, 0.05) is 12.8 Å². The van der Waals surface area contributed by atoms with Gasteiger partial charge >= 0.3 is 17.9 Å². The van der Waals surface area contributed by atoms with E-state index in [2.05, 4.69) is 26.0 Å². The molecule has 0 bridgehead atoms. The summed E-state index contributed by atoms with van der Waals surface area (Å²) in [4.78, 5) is 37.2. The van der Waals surface area contributed by atoms with Gasteiger partial charge in [-0.1, -0.05) is 193 Å². The van der Waals surface area contributed by atoms with Gasteiger partial charge in [-0.3, -0.25) is 9.59 Å². The van der Waals surface area contributed by atoms with Crippen LogP contribution in [0.3, 0.4) is 0 Å². The second-order valence-corrected chi connectivity index (χ2v) is 18.1. The Balaban J connectivity index is 4.34. The highest BCUT2D eigenvalue weighted by Crippen LogP contribution is 2.16. The predicted octanol–water partition coefficient (Wildman–Crippen LogP) is 13.5. The van der Waals surface area contributed by atoms with Gasteiger partial charge in [0.25, 0.3) is 6.29 Å². The number of carbonyl (C=O) groups excluding carboxylic acids is 2. The lowest BCUT2D eigenvalue weighted by Gasteiger charge is -2.25. The molecule has 0 aromatic heterocycles. The van der Waals surface area contributed by atoms with Gasteiger partial charge in [-0.05, 0) is 38.5 Å². The van der Waals surface area contributed by atoms with Crippen LogP contribution in [0.2, 0.25) is 0 Å². The van der Waals surface area contributed by atoms with E-state index in [9.17, 15) is 19.5 Å². The number of nitrogens with zero attached hydrogens (tertiary/aromatic N) is 1. The molecule has 59 heavy (non-hydrogen) atoms. The minimum Gasteiger partial charge on any atom is -0.477 e. The number of hydrogen-bond acceptors (Lipinski definition) is 7. The first-order valence-electron chi connectivity index (χ1n) is 24.9. The van der Waals surface area contributed by atoms with Crippen molar-refractivity contribution in [2.45, 2.75) is 245 Å². The number of aliphatic carboxylic acids is 1. The molecule has 0 aliphatic rings. The molecule has 348 valence electrons. The average molecular weight is 839 g/mol. The number of carboxylic acid groups (broad SMARTS) is 1. The third-order valence-electron chi connectivity index (χ3n) is 11.0. The fourth-order valence-electron chi connectivity index (χ4n) is 7.13. The Hall–Kier alpha value is -1.97. The van der Waals surface area contributed by atoms with Crippen molar-refractivity contribution in [1.82, 2.24) is 0 Å². The standard InChI is InChI=1S/C50H95NO8/c1-6-8-10-12-14-16-18-20-22-24-25-27-28-30-32-34-36-38-40-47(52)57-44-46(45-58-50(49(54)55)56-43-42-51(3,4)5)59-48(53)41-39-37-35-33-31-29-26-23-21-19-17-15-13-11-9-7-2/h23,26,46,50H,6-22,24-25,27-45H2,1-5H3/p+1/b26-23-. The molecule has 0 spiro atoms. The lowest BCUT2D eigenvalue weighted by Crippen LogP contribution is -2.40. The molecule has 0 amide bonds. The number of ether oxygens (including phenoxy) is 4. The summed E-state index contributed by atoms with van der Waals surface area (Å²) in [6, 6.07) is 0. The molecule has 0 fully saturated rings. The van der Waals surface area contributed by atoms with Crippen molar-refractivity contribution in [2.24, 2.45) is 0 Å². The van der Waals surface area contributed by atoms with Crippen molar-refractivity contribution in [2.75, 3.05) is 47.5 Å². The highest BCUT2D eigenvalue weighted by atomic mass is 16.7. The maximum Gasteiger partial charge on any atom is 0.361 e. The third-order valence-corrected chi connectivity index (χ3v) is 11.0. The summed E-state index contributed by atoms with van der Waals surface area (Å²) in [5, 5.41) is 9.65. The van der Waals surface area contributed by atoms with E-state index in [1.807, 2.05) is 21.1 Å². The summed E-state index contributed by atoms with van der Waals surface area (Å²) in [5.41, 5.74) is 0. The first-order chi connectivity index (χ1) is 28.6. The Morgan fingerprint density at radius 1 is 0.492 bits per heavy atom. The molecule has 0 radical (unpaired) electrons. The van der Waals surface area contributed by atoms with E-state index in [1.165, 1.54) is 148 Å². The lowest BCUT2D eigenvalue weighted by atomic mass is 10.0. The Morgan fingerprint density at radius 3 is 1.25 bits per heavy atom. The first-order valence-corrected chi connectivity index (χ1v) is 24.9. The monoisotopic (exact) mass is 839 g/mol. The number of allylic oxidation sites excluding steroid dienone is 2. The molecule has 0 rings (SSSR count). The van der Waals surface area contributed by atoms with Crippen LogP contribution in [0.1, 0.15) is 232 Å². The van der Waals surface area contributed by atoms with E-state index >= 15 is 0 Å². The molecular formula is C50H96NO8+. The molecule has 2 atom stereocenters. The highest BCUT2D eigenvalue weighted by molar-refractivity contribution is 5.71. The van der Waals surface area contributed by atoms with Crippen LogP contribution in [0.25, 0.3) is 0 Å². The van der Waals surface area contributed by atoms with Crippen molar-refractivity contribution >= 4 is 17.9 Å². The zero-order valence-corrected chi connectivity index (χ0v) is 39.4. The van der Waals surface area contributed by atoms with Gasteiger partial charge in [-0.15, -0.1) is 0 Å². The Morgan fingerprint density at radius 2 is 0.864 bits per heavy atom. The maximum absolute atomic E-state index is 12.8. The summed E-state index contributed by atoms with van der Waals surface area (Å²) in [5.74, 6) is -2.00. The second-order valence-electron chi connectivity index (χ2n) is 18.1. The molecule has 0 aliphatic heterocycles. The van der Waals surface area contributed by atoms with Gasteiger partial charge in [0.05, 0.1) is 34.4 Å². The van der Waals surface area contributed by atoms with E-state index in [-0.39, 0.29) is 32.2 Å². The normalized spacial score (nSPS) is 12.9. The van der Waals surface area contributed by atoms with Crippen LogP contribution in [-0.4, -0.2) is 87.4 Å². The number of likely N-dealkylation sites (N-methyl/N-ethyl adjacent to an activating group) is 1. The summed E-state index contributed by atoms with van der Waals surface area (Å²) in [6.07, 6.45) is 42.7. The van der Waals surface area contributed by atoms with Crippen molar-refractivity contribution in [1.29, 1.82) is 0 Å². The van der Waals surface area contributed by atoms with E-state index in [1.54, 1.807) is 0 Å². The minimum absolute atomic E-state index is 0.179. The van der Waals surface area contributed by atoms with Crippen LogP contribution >= 0.6 is 0 Å². The number of carbonyl (C=O) groups is 3. The molecule has 0 saturated heterocycles. The molecule has 0 aromatic rings. The van der Waals surface area contributed by atoms with Gasteiger partial charge in [0.1, 0.15) is 13.2 Å². The molecular weight excluding hydrogens is 743 g/mol. The fraction of sp³-hybridized carbons (Fsp3) is 0.900. The highest BCUT2D eigenvalue weighted by Gasteiger charge is 2.25. The quantitative estimate of drug-likeness (QED) is 0.0212. The van der Waals surface area contributed by atoms with E-state index in [0.29, 0.717) is 23.9 Å². The molecule has 1 N–H and O–H groups in total. The number of rotatable bonds is 46. The topological polar surface area (TPSA) is 108 Å². The van der Waals surface area contributed by atoms with E-state index in [4.69, 9.17) is 18.9 Å². The number of hydrogen-bond donors (Lipinski definition) is 1. The molecule has 0 saturated carbocycles. The average Bonchev–Trinajstić information content (AvgIpc) is 3.19. The summed E-state index contributed by atoms with van der Waals surface area (Å²) in [7, 11) is 5.96. The van der Waals surface area contributed by atoms with E-state index in [0.717, 1.165) is 51.4 Å². The number of esters is 2.